The van der Waals surface area contributed by atoms with Crippen LogP contribution in [0, 0.1) is 22.7 Å². The molecule has 0 fully saturated rings. The zero-order valence-corrected chi connectivity index (χ0v) is 21.7. The summed E-state index contributed by atoms with van der Waals surface area (Å²) < 4.78 is 0. The van der Waals surface area contributed by atoms with Crippen molar-refractivity contribution in [1.82, 2.24) is 10.9 Å². The molecule has 0 saturated carbocycles. The molecule has 3 atom stereocenters. The van der Waals surface area contributed by atoms with E-state index in [2.05, 4.69) is 31.6 Å². The van der Waals surface area contributed by atoms with Gasteiger partial charge in [-0.05, 0) is 48.3 Å². The number of amides is 1. The van der Waals surface area contributed by atoms with E-state index in [1.807, 2.05) is 6.08 Å². The topological polar surface area (TPSA) is 156 Å². The second-order valence-corrected chi connectivity index (χ2v) is 11.5. The van der Waals surface area contributed by atoms with Crippen molar-refractivity contribution in [2.75, 3.05) is 0 Å². The Bertz CT molecular complexity index is 944. The summed E-state index contributed by atoms with van der Waals surface area (Å²) in [5.41, 5.74) is 3.04. The molecule has 1 amide bonds. The molecule has 35 heavy (non-hydrogen) atoms. The molecule has 0 aliphatic heterocycles. The highest BCUT2D eigenvalue weighted by atomic mass is 16.4. The first-order chi connectivity index (χ1) is 15.9. The molecular weight excluding hydrogens is 452 g/mol. The van der Waals surface area contributed by atoms with Crippen LogP contribution in [0.4, 0.5) is 0 Å². The number of benzene rings is 1. The molecule has 1 aromatic carbocycles. The van der Waals surface area contributed by atoms with Gasteiger partial charge in [0, 0.05) is 6.42 Å². The van der Waals surface area contributed by atoms with Gasteiger partial charge in [0.25, 0.3) is 0 Å². The van der Waals surface area contributed by atoms with E-state index in [9.17, 15) is 34.8 Å². The molecule has 1 rings (SSSR count). The van der Waals surface area contributed by atoms with Gasteiger partial charge in [-0.2, -0.15) is 0 Å². The number of carboxylic acids is 2. The lowest BCUT2D eigenvalue weighted by Crippen LogP contribution is -2.60. The van der Waals surface area contributed by atoms with Crippen molar-refractivity contribution in [3.05, 3.63) is 35.9 Å². The summed E-state index contributed by atoms with van der Waals surface area (Å²) in [6.07, 6.45) is 4.52. The number of hydrogen-bond acceptors (Lipinski definition) is 6. The Morgan fingerprint density at radius 2 is 1.54 bits per heavy atom. The first kappa shape index (κ1) is 30.0. The molecule has 0 saturated heterocycles. The van der Waals surface area contributed by atoms with Crippen LogP contribution in [0.25, 0.3) is 0 Å². The highest BCUT2D eigenvalue weighted by molar-refractivity contribution is 5.86. The van der Waals surface area contributed by atoms with Crippen molar-refractivity contribution < 1.29 is 34.8 Å². The van der Waals surface area contributed by atoms with Crippen LogP contribution in [0.2, 0.25) is 0 Å². The number of hydrazine groups is 1. The Morgan fingerprint density at radius 3 is 2.00 bits per heavy atom. The molecular formula is C26H40N2O7. The Hall–Kier alpha value is -3.07. The maximum absolute atomic E-state index is 13.2. The summed E-state index contributed by atoms with van der Waals surface area (Å²) in [6, 6.07) is 3.94. The molecule has 1 aromatic rings. The summed E-state index contributed by atoms with van der Waals surface area (Å²) in [5, 5.41) is 38.9. The molecule has 0 aliphatic carbocycles. The predicted octanol–water partition coefficient (Wildman–Crippen LogP) is 3.85. The van der Waals surface area contributed by atoms with Gasteiger partial charge in [-0.25, -0.2) is 5.43 Å². The summed E-state index contributed by atoms with van der Waals surface area (Å²) in [7, 11) is 0. The quantitative estimate of drug-likeness (QED) is 0.154. The minimum Gasteiger partial charge on any atom is -0.504 e. The minimum absolute atomic E-state index is 0.0397. The Morgan fingerprint density at radius 1 is 0.943 bits per heavy atom. The number of carbonyl (C=O) groups excluding carboxylic acids is 1. The Balaban J connectivity index is 3.15. The largest absolute Gasteiger partial charge is 0.504 e. The highest BCUT2D eigenvalue weighted by Gasteiger charge is 2.42. The number of carboxylic acid groups (broad SMARTS) is 2. The standard InChI is InChI=1S/C26H40N2O7/c1-24(2,3)13-9-8-10-17(20(22(32)33)25(4,5)6)21(31)27-28-26(7,23(34)35)15-16-11-12-18(29)19(30)14-16/h8-9,11-12,14,17,20,28-30H,10,13,15H2,1-7H3,(H,27,31)(H,32,33)(H,34,35)/b9-8+. The van der Waals surface area contributed by atoms with Gasteiger partial charge >= 0.3 is 11.9 Å². The van der Waals surface area contributed by atoms with E-state index in [0.717, 1.165) is 6.42 Å². The molecule has 196 valence electrons. The van der Waals surface area contributed by atoms with E-state index in [-0.39, 0.29) is 24.0 Å². The van der Waals surface area contributed by atoms with Gasteiger partial charge in [-0.15, -0.1) is 0 Å². The van der Waals surface area contributed by atoms with Crippen molar-refractivity contribution in [3.63, 3.8) is 0 Å². The molecule has 3 unspecified atom stereocenters. The summed E-state index contributed by atoms with van der Waals surface area (Å²) in [6.45, 7) is 12.8. The highest BCUT2D eigenvalue weighted by Crippen LogP contribution is 2.35. The van der Waals surface area contributed by atoms with Crippen LogP contribution < -0.4 is 10.9 Å². The van der Waals surface area contributed by atoms with Gasteiger partial charge in [0.05, 0.1) is 11.8 Å². The van der Waals surface area contributed by atoms with E-state index in [1.165, 1.54) is 25.1 Å². The van der Waals surface area contributed by atoms with Crippen molar-refractivity contribution in [2.45, 2.75) is 73.3 Å². The maximum atomic E-state index is 13.2. The van der Waals surface area contributed by atoms with Crippen LogP contribution in [-0.2, 0) is 20.8 Å². The zero-order chi connectivity index (χ0) is 27.2. The van der Waals surface area contributed by atoms with E-state index >= 15 is 0 Å². The van der Waals surface area contributed by atoms with Gasteiger partial charge in [0.1, 0.15) is 5.54 Å². The molecule has 0 spiro atoms. The summed E-state index contributed by atoms with van der Waals surface area (Å²) in [5.74, 6) is -5.71. The Kier molecular flexibility index (Phi) is 9.91. The number of allylic oxidation sites excluding steroid dienone is 2. The van der Waals surface area contributed by atoms with Gasteiger partial charge in [0.2, 0.25) is 5.91 Å². The fourth-order valence-corrected chi connectivity index (χ4v) is 3.77. The fourth-order valence-electron chi connectivity index (χ4n) is 3.77. The van der Waals surface area contributed by atoms with Crippen molar-refractivity contribution in [3.8, 4) is 11.5 Å². The molecule has 0 radical (unpaired) electrons. The number of aliphatic carboxylic acids is 2. The maximum Gasteiger partial charge on any atom is 0.325 e. The van der Waals surface area contributed by atoms with Crippen LogP contribution in [-0.4, -0.2) is 43.8 Å². The van der Waals surface area contributed by atoms with Crippen molar-refractivity contribution in [1.29, 1.82) is 0 Å². The molecule has 0 aromatic heterocycles. The molecule has 0 bridgehead atoms. The number of carbonyl (C=O) groups is 3. The lowest BCUT2D eigenvalue weighted by Gasteiger charge is -2.34. The summed E-state index contributed by atoms with van der Waals surface area (Å²) >= 11 is 0. The third-order valence-electron chi connectivity index (χ3n) is 5.76. The smallest absolute Gasteiger partial charge is 0.325 e. The first-order valence-corrected chi connectivity index (χ1v) is 11.6. The number of rotatable bonds is 11. The van der Waals surface area contributed by atoms with Gasteiger partial charge in [-0.1, -0.05) is 59.8 Å². The van der Waals surface area contributed by atoms with E-state index in [0.29, 0.717) is 5.56 Å². The second kappa shape index (κ2) is 11.6. The number of phenolic OH excluding ortho intramolecular Hbond substituents is 2. The van der Waals surface area contributed by atoms with Crippen molar-refractivity contribution in [2.24, 2.45) is 22.7 Å². The molecule has 9 nitrogen and oxygen atoms in total. The first-order valence-electron chi connectivity index (χ1n) is 11.6. The van der Waals surface area contributed by atoms with Gasteiger partial charge in [-0.3, -0.25) is 19.8 Å². The van der Waals surface area contributed by atoms with Crippen LogP contribution in [0.3, 0.4) is 0 Å². The van der Waals surface area contributed by atoms with E-state index < -0.39 is 46.4 Å². The van der Waals surface area contributed by atoms with Crippen LogP contribution in [0.15, 0.2) is 30.4 Å². The number of phenols is 2. The normalized spacial score (nSPS) is 15.9. The Labute approximate surface area is 207 Å². The number of aromatic hydroxyl groups is 2. The van der Waals surface area contributed by atoms with Gasteiger partial charge in [0.15, 0.2) is 11.5 Å². The molecule has 0 aliphatic rings. The lowest BCUT2D eigenvalue weighted by atomic mass is 9.71. The monoisotopic (exact) mass is 492 g/mol. The SMILES string of the molecule is CC(C)(C)C/C=C/CC(C(=O)NNC(C)(Cc1ccc(O)c(O)c1)C(=O)O)C(C(=O)O)C(C)(C)C. The average molecular weight is 493 g/mol. The average Bonchev–Trinajstić information content (AvgIpc) is 2.69. The molecule has 0 heterocycles. The van der Waals surface area contributed by atoms with E-state index in [4.69, 9.17) is 0 Å². The second-order valence-electron chi connectivity index (χ2n) is 11.5. The van der Waals surface area contributed by atoms with Crippen LogP contribution in [0.5, 0.6) is 11.5 Å². The lowest BCUT2D eigenvalue weighted by molar-refractivity contribution is -0.153. The van der Waals surface area contributed by atoms with E-state index in [1.54, 1.807) is 26.8 Å². The van der Waals surface area contributed by atoms with Crippen molar-refractivity contribution >= 4 is 17.8 Å². The number of hydrogen-bond donors (Lipinski definition) is 6. The zero-order valence-electron chi connectivity index (χ0n) is 21.7. The predicted molar refractivity (Wildman–Crippen MR) is 133 cm³/mol. The summed E-state index contributed by atoms with van der Waals surface area (Å²) in [4.78, 5) is 37.4. The minimum atomic E-state index is -1.67. The third-order valence-corrected chi connectivity index (χ3v) is 5.76. The molecule has 9 heteroatoms. The number of nitrogens with one attached hydrogen (secondary N) is 2. The fraction of sp³-hybridized carbons (Fsp3) is 0.577. The van der Waals surface area contributed by atoms with Crippen LogP contribution >= 0.6 is 0 Å². The van der Waals surface area contributed by atoms with Gasteiger partial charge < -0.3 is 20.4 Å². The van der Waals surface area contributed by atoms with Crippen LogP contribution in [0.1, 0.15) is 66.9 Å². The third kappa shape index (κ3) is 9.24. The molecule has 6 N–H and O–H groups in total.